The Morgan fingerprint density at radius 1 is 0.491 bits per heavy atom. The summed E-state index contributed by atoms with van der Waals surface area (Å²) in [5, 5.41) is 14.6. The van der Waals surface area contributed by atoms with Crippen molar-refractivity contribution >= 4 is 24.0 Å². The van der Waals surface area contributed by atoms with Crippen LogP contribution in [-0.2, 0) is 13.1 Å². The molecule has 0 aliphatic heterocycles. The molecule has 0 aliphatic carbocycles. The van der Waals surface area contributed by atoms with Crippen LogP contribution in [0.2, 0.25) is 0 Å². The highest BCUT2D eigenvalue weighted by molar-refractivity contribution is 5.85. The van der Waals surface area contributed by atoms with Crippen LogP contribution in [0.5, 0.6) is 0 Å². The van der Waals surface area contributed by atoms with E-state index in [-0.39, 0.29) is 12.4 Å². The number of nitrogens with one attached hydrogen (secondary N) is 2. The van der Waals surface area contributed by atoms with Crippen LogP contribution in [0, 0.1) is 13.8 Å². The molecule has 0 atom stereocenters. The van der Waals surface area contributed by atoms with Crippen LogP contribution in [0.4, 0.5) is 11.6 Å². The summed E-state index contributed by atoms with van der Waals surface area (Å²) >= 11 is 0. The molecule has 0 bridgehead atoms. The SMILES string of the molecule is CNCc1ccc(-c2cc(-c3nc(-c4ccc(C)cc4)cnc3N)on2)cc1.CNCc1ccc(-c2cc(-c3nc(-c4ccc(C)cc4)cnc3N)on2)cc1.Cl. The molecule has 8 rings (SSSR count). The zero-order chi connectivity index (χ0) is 39.0. The van der Waals surface area contributed by atoms with Crippen molar-refractivity contribution in [3.63, 3.8) is 0 Å². The van der Waals surface area contributed by atoms with Crippen molar-refractivity contribution < 1.29 is 9.05 Å². The molecular formula is C44H43ClN10O2. The highest BCUT2D eigenvalue weighted by Crippen LogP contribution is 2.31. The fourth-order valence-electron chi connectivity index (χ4n) is 5.93. The minimum Gasteiger partial charge on any atom is -0.382 e. The molecule has 4 aromatic carbocycles. The van der Waals surface area contributed by atoms with Crippen molar-refractivity contribution in [2.75, 3.05) is 25.6 Å². The maximum absolute atomic E-state index is 6.06. The Morgan fingerprint density at radius 3 is 1.18 bits per heavy atom. The second kappa shape index (κ2) is 18.3. The van der Waals surface area contributed by atoms with Gasteiger partial charge in [-0.15, -0.1) is 12.4 Å². The second-order valence-electron chi connectivity index (χ2n) is 13.3. The van der Waals surface area contributed by atoms with Gasteiger partial charge in [0.15, 0.2) is 34.5 Å². The molecule has 0 radical (unpaired) electrons. The first-order valence-electron chi connectivity index (χ1n) is 18.1. The molecule has 0 fully saturated rings. The van der Waals surface area contributed by atoms with Gasteiger partial charge < -0.3 is 31.1 Å². The number of nitrogens with two attached hydrogens (primary N) is 2. The van der Waals surface area contributed by atoms with Gasteiger partial charge in [-0.25, -0.2) is 19.9 Å². The van der Waals surface area contributed by atoms with Gasteiger partial charge in [-0.3, -0.25) is 0 Å². The highest BCUT2D eigenvalue weighted by atomic mass is 35.5. The number of anilines is 2. The zero-order valence-electron chi connectivity index (χ0n) is 32.0. The van der Waals surface area contributed by atoms with E-state index in [1.165, 1.54) is 22.3 Å². The number of nitrogens with zero attached hydrogens (tertiary/aromatic N) is 6. The molecule has 13 heteroatoms. The van der Waals surface area contributed by atoms with Crippen molar-refractivity contribution in [1.29, 1.82) is 0 Å². The zero-order valence-corrected chi connectivity index (χ0v) is 32.8. The summed E-state index contributed by atoms with van der Waals surface area (Å²) in [6.07, 6.45) is 3.34. The molecule has 8 aromatic rings. The van der Waals surface area contributed by atoms with E-state index in [2.05, 4.69) is 65.1 Å². The molecule has 4 heterocycles. The van der Waals surface area contributed by atoms with Gasteiger partial charge in [0, 0.05) is 47.5 Å². The van der Waals surface area contributed by atoms with E-state index in [1.807, 2.05) is 113 Å². The Balaban J connectivity index is 0.000000189. The van der Waals surface area contributed by atoms with Crippen LogP contribution in [0.1, 0.15) is 22.3 Å². The molecule has 0 unspecified atom stereocenters. The summed E-state index contributed by atoms with van der Waals surface area (Å²) in [5.41, 5.74) is 24.7. The smallest absolute Gasteiger partial charge is 0.189 e. The van der Waals surface area contributed by atoms with E-state index in [9.17, 15) is 0 Å². The number of benzene rings is 4. The molecule has 0 spiro atoms. The first kappa shape index (κ1) is 39.9. The molecular weight excluding hydrogens is 736 g/mol. The van der Waals surface area contributed by atoms with Gasteiger partial charge >= 0.3 is 0 Å². The third-order valence-corrected chi connectivity index (χ3v) is 9.04. The van der Waals surface area contributed by atoms with E-state index < -0.39 is 0 Å². The predicted octanol–water partition coefficient (Wildman–Crippen LogP) is 8.57. The van der Waals surface area contributed by atoms with Crippen molar-refractivity contribution in [1.82, 2.24) is 40.9 Å². The van der Waals surface area contributed by atoms with Crippen LogP contribution in [-0.4, -0.2) is 44.3 Å². The third-order valence-electron chi connectivity index (χ3n) is 9.04. The predicted molar refractivity (Wildman–Crippen MR) is 228 cm³/mol. The minimum absolute atomic E-state index is 0. The normalized spacial score (nSPS) is 10.7. The first-order valence-corrected chi connectivity index (χ1v) is 18.1. The lowest BCUT2D eigenvalue weighted by Gasteiger charge is -2.05. The maximum atomic E-state index is 6.06. The standard InChI is InChI=1S/2C22H21N5O.ClH/c2*1-14-3-7-17(8-4-14)19-13-25-22(23)21(26-19)20-11-18(27-28-20)16-9-5-15(6-10-16)12-24-2;/h2*3-11,13,24H,12H2,1-2H3,(H2,23,25);1H. The van der Waals surface area contributed by atoms with Crippen molar-refractivity contribution in [3.05, 3.63) is 144 Å². The lowest BCUT2D eigenvalue weighted by molar-refractivity contribution is 0.433. The molecule has 288 valence electrons. The van der Waals surface area contributed by atoms with Crippen molar-refractivity contribution in [3.8, 4) is 67.9 Å². The van der Waals surface area contributed by atoms with Gasteiger partial charge in [-0.05, 0) is 39.1 Å². The summed E-state index contributed by atoms with van der Waals surface area (Å²) < 4.78 is 11.1. The Bertz CT molecular complexity index is 2360. The van der Waals surface area contributed by atoms with Crippen molar-refractivity contribution in [2.24, 2.45) is 0 Å². The van der Waals surface area contributed by atoms with Gasteiger partial charge in [0.05, 0.1) is 23.8 Å². The molecule has 12 nitrogen and oxygen atoms in total. The highest BCUT2D eigenvalue weighted by Gasteiger charge is 2.17. The lowest BCUT2D eigenvalue weighted by Crippen LogP contribution is -2.04. The number of rotatable bonds is 10. The number of aromatic nitrogens is 6. The van der Waals surface area contributed by atoms with Gasteiger partial charge in [0.1, 0.15) is 11.4 Å². The van der Waals surface area contributed by atoms with Gasteiger partial charge in [-0.1, -0.05) is 119 Å². The summed E-state index contributed by atoms with van der Waals surface area (Å²) in [6, 6.07) is 36.2. The number of hydrogen-bond donors (Lipinski definition) is 4. The van der Waals surface area contributed by atoms with Crippen molar-refractivity contribution in [2.45, 2.75) is 26.9 Å². The summed E-state index contributed by atoms with van der Waals surface area (Å²) in [7, 11) is 3.85. The lowest BCUT2D eigenvalue weighted by atomic mass is 10.1. The quantitative estimate of drug-likeness (QED) is 0.104. The number of nitrogen functional groups attached to an aromatic ring is 2. The number of aryl methyl sites for hydroxylation is 2. The molecule has 6 N–H and O–H groups in total. The van der Waals surface area contributed by atoms with E-state index >= 15 is 0 Å². The Kier molecular flexibility index (Phi) is 12.8. The van der Waals surface area contributed by atoms with E-state index in [0.29, 0.717) is 34.5 Å². The molecule has 0 amide bonds. The summed E-state index contributed by atoms with van der Waals surface area (Å²) in [6.45, 7) is 5.74. The van der Waals surface area contributed by atoms with Gasteiger partial charge in [0.2, 0.25) is 0 Å². The topological polar surface area (TPSA) is 180 Å². The second-order valence-corrected chi connectivity index (χ2v) is 13.3. The van der Waals surface area contributed by atoms with Crippen LogP contribution in [0.25, 0.3) is 67.9 Å². The summed E-state index contributed by atoms with van der Waals surface area (Å²) in [5.74, 6) is 1.60. The maximum Gasteiger partial charge on any atom is 0.189 e. The largest absolute Gasteiger partial charge is 0.382 e. The van der Waals surface area contributed by atoms with Crippen LogP contribution in [0.3, 0.4) is 0 Å². The fourth-order valence-corrected chi connectivity index (χ4v) is 5.93. The third kappa shape index (κ3) is 9.57. The Morgan fingerprint density at radius 2 is 0.825 bits per heavy atom. The van der Waals surface area contributed by atoms with Crippen LogP contribution >= 0.6 is 12.4 Å². The van der Waals surface area contributed by atoms with Gasteiger partial charge in [-0.2, -0.15) is 0 Å². The van der Waals surface area contributed by atoms with E-state index in [0.717, 1.165) is 58.1 Å². The fraction of sp³-hybridized carbons (Fsp3) is 0.136. The minimum atomic E-state index is 0. The molecule has 0 aliphatic rings. The number of hydrogen-bond acceptors (Lipinski definition) is 12. The molecule has 0 saturated heterocycles. The average Bonchev–Trinajstić information content (AvgIpc) is 3.92. The average molecular weight is 779 g/mol. The summed E-state index contributed by atoms with van der Waals surface area (Å²) in [4.78, 5) is 17.9. The molecule has 0 saturated carbocycles. The molecule has 4 aromatic heterocycles. The van der Waals surface area contributed by atoms with Crippen LogP contribution < -0.4 is 22.1 Å². The van der Waals surface area contributed by atoms with E-state index in [1.54, 1.807) is 12.4 Å². The number of halogens is 1. The Hall–Kier alpha value is -6.73. The Labute approximate surface area is 337 Å². The van der Waals surface area contributed by atoms with E-state index in [4.69, 9.17) is 20.5 Å². The first-order chi connectivity index (χ1) is 27.3. The molecule has 57 heavy (non-hydrogen) atoms. The van der Waals surface area contributed by atoms with Crippen LogP contribution in [0.15, 0.2) is 131 Å². The van der Waals surface area contributed by atoms with Gasteiger partial charge in [0.25, 0.3) is 0 Å². The monoisotopic (exact) mass is 778 g/mol.